The number of carbonyl (C=O) groups excluding carboxylic acids is 2. The molecule has 2 aromatic carbocycles. The Morgan fingerprint density at radius 3 is 2.72 bits per heavy atom. The monoisotopic (exact) mass is 395 g/mol. The molecule has 2 amide bonds. The van der Waals surface area contributed by atoms with Crippen molar-refractivity contribution in [3.8, 4) is 11.3 Å². The Morgan fingerprint density at radius 1 is 1.17 bits per heavy atom. The summed E-state index contributed by atoms with van der Waals surface area (Å²) in [7, 11) is 0. The van der Waals surface area contributed by atoms with Crippen molar-refractivity contribution in [1.82, 2.24) is 4.98 Å². The lowest BCUT2D eigenvalue weighted by atomic mass is 10.2. The molecule has 1 saturated heterocycles. The van der Waals surface area contributed by atoms with Crippen LogP contribution in [0.2, 0.25) is 0 Å². The molecular weight excluding hydrogens is 377 g/mol. The Kier molecular flexibility index (Phi) is 5.24. The first kappa shape index (κ1) is 18.7. The standard InChI is InChI=1S/C21H18FN3O4/c22-15-7-5-14(6-8-15)18-13-23-20(29-18)10-9-19(26)24-16-3-1-2-4-17(16)25-11-12-28-21(25)27/h1-8,13H,9-12H2,(H,24,26). The van der Waals surface area contributed by atoms with Gasteiger partial charge in [-0.1, -0.05) is 12.1 Å². The fraction of sp³-hybridized carbons (Fsp3) is 0.190. The Hall–Kier alpha value is -3.68. The lowest BCUT2D eigenvalue weighted by molar-refractivity contribution is -0.116. The van der Waals surface area contributed by atoms with Crippen LogP contribution in [0.1, 0.15) is 12.3 Å². The van der Waals surface area contributed by atoms with E-state index < -0.39 is 6.09 Å². The number of hydrogen-bond acceptors (Lipinski definition) is 5. The number of hydrogen-bond donors (Lipinski definition) is 1. The smallest absolute Gasteiger partial charge is 0.414 e. The third kappa shape index (κ3) is 4.26. The molecule has 7 nitrogen and oxygen atoms in total. The van der Waals surface area contributed by atoms with Crippen LogP contribution in [0.4, 0.5) is 20.6 Å². The molecule has 0 spiro atoms. The zero-order valence-electron chi connectivity index (χ0n) is 15.4. The Balaban J connectivity index is 1.38. The Labute approximate surface area is 166 Å². The van der Waals surface area contributed by atoms with E-state index >= 15 is 0 Å². The number of cyclic esters (lactones) is 1. The quantitative estimate of drug-likeness (QED) is 0.682. The largest absolute Gasteiger partial charge is 0.447 e. The average Bonchev–Trinajstić information content (AvgIpc) is 3.37. The summed E-state index contributed by atoms with van der Waals surface area (Å²) in [6.07, 6.45) is 1.58. The van der Waals surface area contributed by atoms with Crippen molar-refractivity contribution in [1.29, 1.82) is 0 Å². The van der Waals surface area contributed by atoms with Crippen LogP contribution >= 0.6 is 0 Å². The van der Waals surface area contributed by atoms with Gasteiger partial charge in [0.25, 0.3) is 0 Å². The second-order valence-corrected chi connectivity index (χ2v) is 6.46. The van der Waals surface area contributed by atoms with Crippen molar-refractivity contribution in [2.45, 2.75) is 12.8 Å². The summed E-state index contributed by atoms with van der Waals surface area (Å²) in [4.78, 5) is 29.9. The first-order valence-corrected chi connectivity index (χ1v) is 9.14. The summed E-state index contributed by atoms with van der Waals surface area (Å²) in [6, 6.07) is 13.0. The molecule has 0 radical (unpaired) electrons. The summed E-state index contributed by atoms with van der Waals surface area (Å²) >= 11 is 0. The van der Waals surface area contributed by atoms with Gasteiger partial charge in [-0.15, -0.1) is 0 Å². The van der Waals surface area contributed by atoms with E-state index in [9.17, 15) is 14.0 Å². The second-order valence-electron chi connectivity index (χ2n) is 6.46. The van der Waals surface area contributed by atoms with Crippen LogP contribution in [-0.2, 0) is 16.0 Å². The molecule has 1 N–H and O–H groups in total. The topological polar surface area (TPSA) is 84.7 Å². The molecule has 1 aliphatic rings. The molecule has 0 saturated carbocycles. The highest BCUT2D eigenvalue weighted by atomic mass is 19.1. The van der Waals surface area contributed by atoms with E-state index in [0.29, 0.717) is 48.2 Å². The van der Waals surface area contributed by atoms with E-state index in [-0.39, 0.29) is 18.1 Å². The van der Waals surface area contributed by atoms with Crippen molar-refractivity contribution in [3.63, 3.8) is 0 Å². The number of nitrogens with one attached hydrogen (secondary N) is 1. The number of halogens is 1. The molecular formula is C21H18FN3O4. The van der Waals surface area contributed by atoms with Crippen LogP contribution in [0.15, 0.2) is 59.1 Å². The van der Waals surface area contributed by atoms with Gasteiger partial charge in [0.1, 0.15) is 12.4 Å². The van der Waals surface area contributed by atoms with Gasteiger partial charge < -0.3 is 14.5 Å². The highest BCUT2D eigenvalue weighted by Gasteiger charge is 2.25. The molecule has 3 aromatic rings. The first-order valence-electron chi connectivity index (χ1n) is 9.14. The molecule has 1 aliphatic heterocycles. The summed E-state index contributed by atoms with van der Waals surface area (Å²) in [5.74, 6) is 0.369. The molecule has 1 fully saturated rings. The van der Waals surface area contributed by atoms with E-state index in [1.165, 1.54) is 17.0 Å². The van der Waals surface area contributed by atoms with Crippen molar-refractivity contribution >= 4 is 23.4 Å². The van der Waals surface area contributed by atoms with Crippen LogP contribution in [-0.4, -0.2) is 30.1 Å². The maximum atomic E-state index is 13.0. The minimum Gasteiger partial charge on any atom is -0.447 e. The molecule has 0 atom stereocenters. The van der Waals surface area contributed by atoms with Gasteiger partial charge in [0.05, 0.1) is 24.1 Å². The highest BCUT2D eigenvalue weighted by molar-refractivity contribution is 5.99. The third-order valence-electron chi connectivity index (χ3n) is 4.48. The molecule has 29 heavy (non-hydrogen) atoms. The summed E-state index contributed by atoms with van der Waals surface area (Å²) in [5, 5.41) is 2.82. The molecule has 8 heteroatoms. The number of aryl methyl sites for hydroxylation is 1. The summed E-state index contributed by atoms with van der Waals surface area (Å²) in [6.45, 7) is 0.760. The van der Waals surface area contributed by atoms with Gasteiger partial charge in [-0.2, -0.15) is 0 Å². The van der Waals surface area contributed by atoms with E-state index in [4.69, 9.17) is 9.15 Å². The van der Waals surface area contributed by atoms with Crippen LogP contribution in [0, 0.1) is 5.82 Å². The van der Waals surface area contributed by atoms with Gasteiger partial charge in [-0.3, -0.25) is 9.69 Å². The number of nitrogens with zero attached hydrogens (tertiary/aromatic N) is 2. The maximum absolute atomic E-state index is 13.0. The van der Waals surface area contributed by atoms with Crippen molar-refractivity contribution < 1.29 is 23.1 Å². The fourth-order valence-corrected chi connectivity index (χ4v) is 3.03. The lowest BCUT2D eigenvalue weighted by Gasteiger charge is -2.17. The van der Waals surface area contributed by atoms with Gasteiger partial charge in [-0.25, -0.2) is 14.2 Å². The van der Waals surface area contributed by atoms with Gasteiger partial charge in [0.15, 0.2) is 11.7 Å². The highest BCUT2D eigenvalue weighted by Crippen LogP contribution is 2.28. The maximum Gasteiger partial charge on any atom is 0.414 e. The van der Waals surface area contributed by atoms with Crippen molar-refractivity contribution in [2.75, 3.05) is 23.4 Å². The zero-order valence-corrected chi connectivity index (χ0v) is 15.4. The van der Waals surface area contributed by atoms with Crippen molar-refractivity contribution in [3.05, 3.63) is 66.4 Å². The predicted molar refractivity (Wildman–Crippen MR) is 104 cm³/mol. The van der Waals surface area contributed by atoms with Crippen LogP contribution in [0.5, 0.6) is 0 Å². The number of rotatable bonds is 6. The molecule has 2 heterocycles. The van der Waals surface area contributed by atoms with Crippen LogP contribution in [0.3, 0.4) is 0 Å². The normalized spacial score (nSPS) is 13.4. The number of amides is 2. The number of benzene rings is 2. The predicted octanol–water partition coefficient (Wildman–Crippen LogP) is 4.01. The molecule has 4 rings (SSSR count). The first-order chi connectivity index (χ1) is 14.1. The summed E-state index contributed by atoms with van der Waals surface area (Å²) in [5.41, 5.74) is 1.84. The van der Waals surface area contributed by atoms with Gasteiger partial charge in [0.2, 0.25) is 5.91 Å². The number of para-hydroxylation sites is 2. The van der Waals surface area contributed by atoms with Crippen LogP contribution in [0.25, 0.3) is 11.3 Å². The number of aromatic nitrogens is 1. The van der Waals surface area contributed by atoms with E-state index in [1.54, 1.807) is 42.6 Å². The molecule has 148 valence electrons. The second kappa shape index (κ2) is 8.14. The fourth-order valence-electron chi connectivity index (χ4n) is 3.03. The van der Waals surface area contributed by atoms with Gasteiger partial charge >= 0.3 is 6.09 Å². The average molecular weight is 395 g/mol. The SMILES string of the molecule is O=C(CCc1ncc(-c2ccc(F)cc2)o1)Nc1ccccc1N1CCOC1=O. The third-order valence-corrected chi connectivity index (χ3v) is 4.48. The molecule has 0 unspecified atom stereocenters. The molecule has 1 aromatic heterocycles. The Bertz CT molecular complexity index is 1030. The minimum atomic E-state index is -0.431. The van der Waals surface area contributed by atoms with E-state index in [1.807, 2.05) is 0 Å². The number of oxazole rings is 1. The number of anilines is 2. The van der Waals surface area contributed by atoms with Gasteiger partial charge in [-0.05, 0) is 36.4 Å². The minimum absolute atomic E-state index is 0.155. The molecule has 0 bridgehead atoms. The lowest BCUT2D eigenvalue weighted by Crippen LogP contribution is -2.25. The van der Waals surface area contributed by atoms with Crippen LogP contribution < -0.4 is 10.2 Å². The summed E-state index contributed by atoms with van der Waals surface area (Å²) < 4.78 is 23.6. The number of carbonyl (C=O) groups is 2. The van der Waals surface area contributed by atoms with E-state index in [0.717, 1.165) is 0 Å². The van der Waals surface area contributed by atoms with Crippen molar-refractivity contribution in [2.24, 2.45) is 0 Å². The van der Waals surface area contributed by atoms with E-state index in [2.05, 4.69) is 10.3 Å². The van der Waals surface area contributed by atoms with Gasteiger partial charge in [0, 0.05) is 18.4 Å². The Morgan fingerprint density at radius 2 is 1.97 bits per heavy atom. The molecule has 0 aliphatic carbocycles. The zero-order chi connectivity index (χ0) is 20.2. The number of ether oxygens (including phenoxy) is 1.